The number of likely N-dealkylation sites (N-methyl/N-ethyl adjacent to an activating group) is 1. The fourth-order valence-corrected chi connectivity index (χ4v) is 1.73. The van der Waals surface area contributed by atoms with E-state index in [4.69, 9.17) is 10.00 Å². The van der Waals surface area contributed by atoms with E-state index in [0.29, 0.717) is 6.42 Å². The summed E-state index contributed by atoms with van der Waals surface area (Å²) in [5.41, 5.74) is 0. The van der Waals surface area contributed by atoms with Crippen molar-refractivity contribution in [2.24, 2.45) is 0 Å². The van der Waals surface area contributed by atoms with Gasteiger partial charge in [0.1, 0.15) is 12.1 Å². The van der Waals surface area contributed by atoms with E-state index >= 15 is 0 Å². The molecule has 0 saturated heterocycles. The van der Waals surface area contributed by atoms with Gasteiger partial charge in [0.2, 0.25) is 11.8 Å². The molecule has 2 amide bonds. The number of ether oxygens (including phenoxy) is 1. The number of hydrogen-bond acceptors (Lipinski definition) is 5. The van der Waals surface area contributed by atoms with Crippen molar-refractivity contribution in [1.29, 1.82) is 5.26 Å². The topological polar surface area (TPSA) is 90.7 Å². The van der Waals surface area contributed by atoms with Crippen molar-refractivity contribution >= 4 is 17.8 Å². The summed E-state index contributed by atoms with van der Waals surface area (Å²) in [5.74, 6) is -1.07. The van der Waals surface area contributed by atoms with Crippen LogP contribution in [0.4, 0.5) is 0 Å². The molecule has 122 valence electrons. The molecule has 0 spiro atoms. The molecule has 7 nitrogen and oxygen atoms in total. The molecule has 0 bridgehead atoms. The van der Waals surface area contributed by atoms with Crippen molar-refractivity contribution < 1.29 is 19.1 Å². The van der Waals surface area contributed by atoms with Crippen molar-refractivity contribution in [1.82, 2.24) is 9.80 Å². The summed E-state index contributed by atoms with van der Waals surface area (Å²) in [6.07, 6.45) is 2.60. The average molecular weight is 309 g/mol. The monoisotopic (exact) mass is 309 g/mol. The number of hydrogen-bond donors (Lipinski definition) is 0. The third kappa shape index (κ3) is 6.88. The Balaban J connectivity index is 4.87. The zero-order chi connectivity index (χ0) is 17.1. The molecule has 7 heteroatoms. The minimum absolute atomic E-state index is 0.110. The van der Waals surface area contributed by atoms with Crippen LogP contribution in [0.3, 0.4) is 0 Å². The fraction of sp³-hybridized carbons (Fsp3) is 0.600. The lowest BCUT2D eigenvalue weighted by Crippen LogP contribution is -2.44. The van der Waals surface area contributed by atoms with Gasteiger partial charge in [-0.25, -0.2) is 4.79 Å². The smallest absolute Gasteiger partial charge is 0.329 e. The fourth-order valence-electron chi connectivity index (χ4n) is 1.73. The van der Waals surface area contributed by atoms with Crippen LogP contribution >= 0.6 is 0 Å². The van der Waals surface area contributed by atoms with Crippen LogP contribution < -0.4 is 0 Å². The summed E-state index contributed by atoms with van der Waals surface area (Å²) in [6.45, 7) is 3.16. The molecular weight excluding hydrogens is 286 g/mol. The first-order valence-corrected chi connectivity index (χ1v) is 6.95. The maximum Gasteiger partial charge on any atom is 0.329 e. The number of carbonyl (C=O) groups excluding carboxylic acids is 3. The molecule has 0 aliphatic carbocycles. The van der Waals surface area contributed by atoms with Crippen LogP contribution in [0.2, 0.25) is 0 Å². The number of carbonyl (C=O) groups is 3. The minimum atomic E-state index is -0.880. The lowest BCUT2D eigenvalue weighted by molar-refractivity contribution is -0.153. The van der Waals surface area contributed by atoms with Crippen molar-refractivity contribution in [2.45, 2.75) is 31.7 Å². The van der Waals surface area contributed by atoms with E-state index in [1.54, 1.807) is 26.2 Å². The molecule has 0 saturated carbocycles. The zero-order valence-electron chi connectivity index (χ0n) is 13.4. The summed E-state index contributed by atoms with van der Waals surface area (Å²) in [5, 5.41) is 8.47. The zero-order valence-corrected chi connectivity index (χ0v) is 13.4. The highest BCUT2D eigenvalue weighted by Gasteiger charge is 2.28. The predicted molar refractivity (Wildman–Crippen MR) is 80.5 cm³/mol. The van der Waals surface area contributed by atoms with E-state index in [1.165, 1.54) is 16.8 Å². The number of esters is 1. The van der Waals surface area contributed by atoms with Gasteiger partial charge < -0.3 is 14.5 Å². The molecular formula is C15H23N3O4. The molecule has 0 N–H and O–H groups in total. The largest absolute Gasteiger partial charge is 0.449 e. The normalized spacial score (nSPS) is 11.0. The van der Waals surface area contributed by atoms with Crippen LogP contribution in [0.5, 0.6) is 0 Å². The standard InChI is InChI=1S/C15H23N3O4/c1-5-6-7-14(20)18(4)12(15(21)22-11-10-16)8-9-13(19)17(2)3/h5,12H,1,6-9,11H2,2-4H3. The Morgan fingerprint density at radius 1 is 1.23 bits per heavy atom. The Kier molecular flexibility index (Phi) is 9.27. The van der Waals surface area contributed by atoms with Crippen molar-refractivity contribution in [3.05, 3.63) is 12.7 Å². The van der Waals surface area contributed by atoms with Gasteiger partial charge in [0.15, 0.2) is 6.61 Å². The maximum absolute atomic E-state index is 12.0. The summed E-state index contributed by atoms with van der Waals surface area (Å²) >= 11 is 0. The first kappa shape index (κ1) is 19.6. The van der Waals surface area contributed by atoms with Crippen molar-refractivity contribution in [2.75, 3.05) is 27.7 Å². The summed E-state index contributed by atoms with van der Waals surface area (Å²) in [4.78, 5) is 38.3. The molecule has 0 radical (unpaired) electrons. The Labute approximate surface area is 131 Å². The molecule has 0 aromatic rings. The summed E-state index contributed by atoms with van der Waals surface area (Å²) in [7, 11) is 4.72. The van der Waals surface area contributed by atoms with E-state index in [-0.39, 0.29) is 37.7 Å². The first-order valence-electron chi connectivity index (χ1n) is 6.95. The van der Waals surface area contributed by atoms with Gasteiger partial charge in [0.05, 0.1) is 0 Å². The van der Waals surface area contributed by atoms with Gasteiger partial charge >= 0.3 is 5.97 Å². The van der Waals surface area contributed by atoms with E-state index in [9.17, 15) is 14.4 Å². The number of allylic oxidation sites excluding steroid dienone is 1. The number of nitrogens with zero attached hydrogens (tertiary/aromatic N) is 3. The van der Waals surface area contributed by atoms with Gasteiger partial charge in [-0.2, -0.15) is 5.26 Å². The van der Waals surface area contributed by atoms with E-state index in [1.807, 2.05) is 0 Å². The third-order valence-electron chi connectivity index (χ3n) is 3.10. The molecule has 0 aliphatic rings. The molecule has 0 rings (SSSR count). The number of rotatable bonds is 9. The predicted octanol–water partition coefficient (Wildman–Crippen LogP) is 0.715. The van der Waals surface area contributed by atoms with E-state index < -0.39 is 12.0 Å². The first-order chi connectivity index (χ1) is 10.3. The van der Waals surface area contributed by atoms with Crippen molar-refractivity contribution in [3.63, 3.8) is 0 Å². The molecule has 0 heterocycles. The van der Waals surface area contributed by atoms with Crippen LogP contribution in [0.1, 0.15) is 25.7 Å². The SMILES string of the molecule is C=CCCC(=O)N(C)C(CCC(=O)N(C)C)C(=O)OCC#N. The van der Waals surface area contributed by atoms with Gasteiger partial charge in [-0.15, -0.1) is 6.58 Å². The quantitative estimate of drug-likeness (QED) is 0.462. The average Bonchev–Trinajstić information content (AvgIpc) is 2.49. The van der Waals surface area contributed by atoms with Crippen LogP contribution in [0.15, 0.2) is 12.7 Å². The lowest BCUT2D eigenvalue weighted by Gasteiger charge is -2.26. The van der Waals surface area contributed by atoms with Crippen molar-refractivity contribution in [3.8, 4) is 6.07 Å². The van der Waals surface area contributed by atoms with Gasteiger partial charge in [-0.3, -0.25) is 9.59 Å². The third-order valence-corrected chi connectivity index (χ3v) is 3.10. The molecule has 0 fully saturated rings. The second-order valence-corrected chi connectivity index (χ2v) is 4.94. The van der Waals surface area contributed by atoms with Crippen LogP contribution in [-0.4, -0.2) is 61.4 Å². The second-order valence-electron chi connectivity index (χ2n) is 4.94. The minimum Gasteiger partial charge on any atom is -0.449 e. The molecule has 0 aromatic carbocycles. The van der Waals surface area contributed by atoms with Gasteiger partial charge in [0, 0.05) is 34.0 Å². The van der Waals surface area contributed by atoms with Gasteiger partial charge in [-0.05, 0) is 12.8 Å². The highest BCUT2D eigenvalue weighted by atomic mass is 16.5. The van der Waals surface area contributed by atoms with Crippen LogP contribution in [0.25, 0.3) is 0 Å². The van der Waals surface area contributed by atoms with Gasteiger partial charge in [-0.1, -0.05) is 6.08 Å². The highest BCUT2D eigenvalue weighted by molar-refractivity contribution is 5.85. The number of amides is 2. The Hall–Kier alpha value is -2.36. The molecule has 1 unspecified atom stereocenters. The van der Waals surface area contributed by atoms with Crippen LogP contribution in [-0.2, 0) is 19.1 Å². The summed E-state index contributed by atoms with van der Waals surface area (Å²) < 4.78 is 4.78. The molecule has 22 heavy (non-hydrogen) atoms. The second kappa shape index (κ2) is 10.4. The van der Waals surface area contributed by atoms with E-state index in [0.717, 1.165) is 0 Å². The van der Waals surface area contributed by atoms with Crippen LogP contribution in [0, 0.1) is 11.3 Å². The summed E-state index contributed by atoms with van der Waals surface area (Å²) in [6, 6.07) is 0.824. The molecule has 0 aliphatic heterocycles. The lowest BCUT2D eigenvalue weighted by atomic mass is 10.1. The molecule has 0 aromatic heterocycles. The Morgan fingerprint density at radius 2 is 1.86 bits per heavy atom. The van der Waals surface area contributed by atoms with E-state index in [2.05, 4.69) is 6.58 Å². The maximum atomic E-state index is 12.0. The Morgan fingerprint density at radius 3 is 2.36 bits per heavy atom. The number of nitriles is 1. The molecule has 1 atom stereocenters. The van der Waals surface area contributed by atoms with Gasteiger partial charge in [0.25, 0.3) is 0 Å². The Bertz CT molecular complexity index is 454. The highest BCUT2D eigenvalue weighted by Crippen LogP contribution is 2.11.